The molecule has 2 heterocycles. The maximum Gasteiger partial charge on any atom is 0.265 e. The van der Waals surface area contributed by atoms with E-state index in [0.29, 0.717) is 10.8 Å². The van der Waals surface area contributed by atoms with Crippen LogP contribution in [0.2, 0.25) is 0 Å². The SMILES string of the molecule is CCc1nnsc1C(=O)NC1CCNCC1C.Cl. The molecule has 0 radical (unpaired) electrons. The van der Waals surface area contributed by atoms with E-state index in [1.807, 2.05) is 6.92 Å². The highest BCUT2D eigenvalue weighted by molar-refractivity contribution is 7.08. The molecule has 102 valence electrons. The summed E-state index contributed by atoms with van der Waals surface area (Å²) in [6.45, 7) is 6.08. The van der Waals surface area contributed by atoms with Gasteiger partial charge in [0, 0.05) is 6.04 Å². The van der Waals surface area contributed by atoms with Crippen molar-refractivity contribution in [3.63, 3.8) is 0 Å². The number of rotatable bonds is 3. The van der Waals surface area contributed by atoms with E-state index in [0.717, 1.165) is 31.6 Å². The second-order valence-corrected chi connectivity index (χ2v) is 5.21. The lowest BCUT2D eigenvalue weighted by Crippen LogP contribution is -2.48. The molecule has 1 aliphatic heterocycles. The number of piperidine rings is 1. The minimum atomic E-state index is -0.0180. The summed E-state index contributed by atoms with van der Waals surface area (Å²) < 4.78 is 3.84. The van der Waals surface area contributed by atoms with Gasteiger partial charge in [0.1, 0.15) is 4.88 Å². The van der Waals surface area contributed by atoms with Gasteiger partial charge in [0.15, 0.2) is 0 Å². The minimum absolute atomic E-state index is 0. The zero-order valence-corrected chi connectivity index (χ0v) is 12.2. The molecule has 2 rings (SSSR count). The number of hydrogen-bond acceptors (Lipinski definition) is 5. The van der Waals surface area contributed by atoms with Crippen molar-refractivity contribution in [3.8, 4) is 0 Å². The fourth-order valence-electron chi connectivity index (χ4n) is 2.07. The van der Waals surface area contributed by atoms with Crippen LogP contribution in [-0.2, 0) is 6.42 Å². The summed E-state index contributed by atoms with van der Waals surface area (Å²) in [5, 5.41) is 10.4. The van der Waals surface area contributed by atoms with Gasteiger partial charge in [0.25, 0.3) is 5.91 Å². The van der Waals surface area contributed by atoms with Crippen LogP contribution in [0.15, 0.2) is 0 Å². The standard InChI is InChI=1S/C11H18N4OS.ClH/c1-3-8-10(17-15-14-8)11(16)13-9-4-5-12-6-7(9)2;/h7,9,12H,3-6H2,1-2H3,(H,13,16);1H. The smallest absolute Gasteiger partial charge is 0.265 e. The van der Waals surface area contributed by atoms with Gasteiger partial charge in [-0.25, -0.2) is 0 Å². The van der Waals surface area contributed by atoms with Gasteiger partial charge < -0.3 is 10.6 Å². The number of carbonyl (C=O) groups is 1. The van der Waals surface area contributed by atoms with E-state index in [1.165, 1.54) is 11.5 Å². The van der Waals surface area contributed by atoms with Gasteiger partial charge in [0.2, 0.25) is 0 Å². The van der Waals surface area contributed by atoms with E-state index in [4.69, 9.17) is 0 Å². The van der Waals surface area contributed by atoms with E-state index in [1.54, 1.807) is 0 Å². The van der Waals surface area contributed by atoms with Crippen LogP contribution in [0.25, 0.3) is 0 Å². The van der Waals surface area contributed by atoms with Crippen LogP contribution in [0.1, 0.15) is 35.6 Å². The van der Waals surface area contributed by atoms with Crippen LogP contribution in [0.3, 0.4) is 0 Å². The van der Waals surface area contributed by atoms with Gasteiger partial charge in [-0.05, 0) is 43.4 Å². The van der Waals surface area contributed by atoms with Crippen molar-refractivity contribution in [2.75, 3.05) is 13.1 Å². The molecule has 0 aliphatic carbocycles. The molecule has 7 heteroatoms. The second-order valence-electron chi connectivity index (χ2n) is 4.45. The number of aryl methyl sites for hydroxylation is 1. The number of amides is 1. The van der Waals surface area contributed by atoms with Crippen LogP contribution in [0.5, 0.6) is 0 Å². The molecule has 2 atom stereocenters. The monoisotopic (exact) mass is 290 g/mol. The lowest BCUT2D eigenvalue weighted by atomic mass is 9.95. The number of aromatic nitrogens is 2. The Hall–Kier alpha value is -0.720. The Labute approximate surface area is 117 Å². The van der Waals surface area contributed by atoms with Gasteiger partial charge in [-0.15, -0.1) is 17.5 Å². The first-order valence-electron chi connectivity index (χ1n) is 6.05. The molecule has 18 heavy (non-hydrogen) atoms. The van der Waals surface area contributed by atoms with Crippen molar-refractivity contribution >= 4 is 29.8 Å². The first-order chi connectivity index (χ1) is 8.22. The van der Waals surface area contributed by atoms with Gasteiger partial charge in [0.05, 0.1) is 5.69 Å². The fraction of sp³-hybridized carbons (Fsp3) is 0.727. The summed E-state index contributed by atoms with van der Waals surface area (Å²) in [5.41, 5.74) is 0.800. The largest absolute Gasteiger partial charge is 0.348 e. The van der Waals surface area contributed by atoms with Crippen LogP contribution in [0.4, 0.5) is 0 Å². The summed E-state index contributed by atoms with van der Waals surface area (Å²) in [6.07, 6.45) is 1.74. The number of hydrogen-bond donors (Lipinski definition) is 2. The molecule has 0 bridgehead atoms. The van der Waals surface area contributed by atoms with Gasteiger partial charge in [-0.2, -0.15) is 0 Å². The maximum atomic E-state index is 12.1. The summed E-state index contributed by atoms with van der Waals surface area (Å²) in [4.78, 5) is 12.8. The quantitative estimate of drug-likeness (QED) is 0.879. The maximum absolute atomic E-state index is 12.1. The third-order valence-corrected chi connectivity index (χ3v) is 3.97. The van der Waals surface area contributed by atoms with E-state index in [-0.39, 0.29) is 24.4 Å². The molecule has 0 saturated carbocycles. The average Bonchev–Trinajstić information content (AvgIpc) is 2.80. The van der Waals surface area contributed by atoms with E-state index < -0.39 is 0 Å². The first-order valence-corrected chi connectivity index (χ1v) is 6.82. The van der Waals surface area contributed by atoms with E-state index in [2.05, 4.69) is 27.1 Å². The Morgan fingerprint density at radius 1 is 1.61 bits per heavy atom. The zero-order valence-electron chi connectivity index (χ0n) is 10.6. The topological polar surface area (TPSA) is 66.9 Å². The Balaban J connectivity index is 0.00000162. The highest BCUT2D eigenvalue weighted by Gasteiger charge is 2.24. The lowest BCUT2D eigenvalue weighted by molar-refractivity contribution is 0.0917. The molecule has 5 nitrogen and oxygen atoms in total. The molecular formula is C11H19ClN4OS. The molecule has 1 aromatic heterocycles. The molecule has 1 aromatic rings. The fourth-order valence-corrected chi connectivity index (χ4v) is 2.73. The van der Waals surface area contributed by atoms with Crippen molar-refractivity contribution in [1.82, 2.24) is 20.2 Å². The first kappa shape index (κ1) is 15.3. The third kappa shape index (κ3) is 3.40. The van der Waals surface area contributed by atoms with Crippen molar-refractivity contribution in [1.29, 1.82) is 0 Å². The van der Waals surface area contributed by atoms with Crippen LogP contribution in [0, 0.1) is 5.92 Å². The van der Waals surface area contributed by atoms with Gasteiger partial charge in [-0.3, -0.25) is 4.79 Å². The normalized spacial score (nSPS) is 23.2. The molecular weight excluding hydrogens is 272 g/mol. The Morgan fingerprint density at radius 3 is 3.06 bits per heavy atom. The molecule has 1 aliphatic rings. The number of nitrogens with zero attached hydrogens (tertiary/aromatic N) is 2. The summed E-state index contributed by atoms with van der Waals surface area (Å²) in [6, 6.07) is 0.260. The molecule has 2 unspecified atom stereocenters. The van der Waals surface area contributed by atoms with Crippen molar-refractivity contribution in [3.05, 3.63) is 10.6 Å². The number of halogens is 1. The zero-order chi connectivity index (χ0) is 12.3. The van der Waals surface area contributed by atoms with Crippen molar-refractivity contribution in [2.24, 2.45) is 5.92 Å². The van der Waals surface area contributed by atoms with Crippen molar-refractivity contribution in [2.45, 2.75) is 32.7 Å². The Morgan fingerprint density at radius 2 is 2.39 bits per heavy atom. The summed E-state index contributed by atoms with van der Waals surface area (Å²) in [5.74, 6) is 0.453. The molecule has 1 fully saturated rings. The molecule has 1 amide bonds. The Bertz CT molecular complexity index is 398. The third-order valence-electron chi connectivity index (χ3n) is 3.20. The number of nitrogens with one attached hydrogen (secondary N) is 2. The van der Waals surface area contributed by atoms with Gasteiger partial charge in [-0.1, -0.05) is 18.3 Å². The molecule has 0 aromatic carbocycles. The van der Waals surface area contributed by atoms with Gasteiger partial charge >= 0.3 is 0 Å². The van der Waals surface area contributed by atoms with Crippen LogP contribution in [-0.4, -0.2) is 34.6 Å². The lowest BCUT2D eigenvalue weighted by Gasteiger charge is -2.30. The Kier molecular flexibility index (Phi) is 5.98. The summed E-state index contributed by atoms with van der Waals surface area (Å²) in [7, 11) is 0. The predicted molar refractivity (Wildman–Crippen MR) is 74.4 cm³/mol. The van der Waals surface area contributed by atoms with Crippen molar-refractivity contribution < 1.29 is 4.79 Å². The average molecular weight is 291 g/mol. The van der Waals surface area contributed by atoms with Crippen LogP contribution >= 0.6 is 23.9 Å². The van der Waals surface area contributed by atoms with Crippen LogP contribution < -0.4 is 10.6 Å². The predicted octanol–water partition coefficient (Wildman–Crippen LogP) is 1.25. The molecule has 0 spiro atoms. The summed E-state index contributed by atoms with van der Waals surface area (Å²) >= 11 is 1.18. The molecule has 2 N–H and O–H groups in total. The highest BCUT2D eigenvalue weighted by Crippen LogP contribution is 2.15. The second kappa shape index (κ2) is 7.01. The minimum Gasteiger partial charge on any atom is -0.348 e. The number of carbonyl (C=O) groups excluding carboxylic acids is 1. The van der Waals surface area contributed by atoms with E-state index in [9.17, 15) is 4.79 Å². The highest BCUT2D eigenvalue weighted by atomic mass is 35.5. The molecule has 1 saturated heterocycles. The van der Waals surface area contributed by atoms with E-state index >= 15 is 0 Å².